The summed E-state index contributed by atoms with van der Waals surface area (Å²) >= 11 is 6.04. The lowest BCUT2D eigenvalue weighted by Gasteiger charge is -2.16. The van der Waals surface area contributed by atoms with Gasteiger partial charge in [0.1, 0.15) is 6.54 Å². The maximum atomic E-state index is 12.6. The molecule has 1 N–H and O–H groups in total. The van der Waals surface area contributed by atoms with Gasteiger partial charge in [-0.1, -0.05) is 54.1 Å². The number of halogens is 1. The van der Waals surface area contributed by atoms with E-state index in [0.717, 1.165) is 16.5 Å². The van der Waals surface area contributed by atoms with E-state index in [4.69, 9.17) is 11.6 Å². The number of hydrogen-bond acceptors (Lipinski definition) is 3. The van der Waals surface area contributed by atoms with Crippen molar-refractivity contribution in [1.82, 2.24) is 5.43 Å². The lowest BCUT2D eigenvalue weighted by atomic mass is 10.1. The van der Waals surface area contributed by atoms with Crippen LogP contribution in [0.5, 0.6) is 0 Å². The molecule has 4 rings (SSSR count). The second-order valence-corrected chi connectivity index (χ2v) is 6.29. The summed E-state index contributed by atoms with van der Waals surface area (Å²) < 4.78 is 0. The number of amides is 2. The number of nitrogens with zero attached hydrogens (tertiary/aromatic N) is 2. The highest BCUT2D eigenvalue weighted by atomic mass is 35.5. The molecule has 0 aromatic heterocycles. The van der Waals surface area contributed by atoms with Crippen LogP contribution in [0, 0.1) is 0 Å². The number of rotatable bonds is 4. The molecule has 3 aromatic rings. The number of benzene rings is 3. The van der Waals surface area contributed by atoms with Gasteiger partial charge < -0.3 is 0 Å². The van der Waals surface area contributed by atoms with Crippen molar-refractivity contribution in [2.45, 2.75) is 0 Å². The molecule has 0 unspecified atom stereocenters. The van der Waals surface area contributed by atoms with Crippen LogP contribution in [0.15, 0.2) is 65.8 Å². The SMILES string of the molecule is O=C(CN1C(=O)c2cccc3cccc1c23)N/N=C\c1ccccc1Cl. The predicted octanol–water partition coefficient (Wildman–Crippen LogP) is 3.60. The molecule has 6 heteroatoms. The van der Waals surface area contributed by atoms with E-state index < -0.39 is 0 Å². The highest BCUT2D eigenvalue weighted by Gasteiger charge is 2.30. The topological polar surface area (TPSA) is 61.8 Å². The highest BCUT2D eigenvalue weighted by Crippen LogP contribution is 2.36. The van der Waals surface area contributed by atoms with Gasteiger partial charge in [-0.3, -0.25) is 14.5 Å². The van der Waals surface area contributed by atoms with E-state index in [0.29, 0.717) is 16.1 Å². The molecule has 0 fully saturated rings. The largest absolute Gasteiger partial charge is 0.298 e. The molecule has 0 bridgehead atoms. The van der Waals surface area contributed by atoms with Gasteiger partial charge in [0.15, 0.2) is 0 Å². The lowest BCUT2D eigenvalue weighted by molar-refractivity contribution is -0.119. The summed E-state index contributed by atoms with van der Waals surface area (Å²) in [5.41, 5.74) is 4.50. The first kappa shape index (κ1) is 16.3. The highest BCUT2D eigenvalue weighted by molar-refractivity contribution is 6.33. The molecule has 0 spiro atoms. The van der Waals surface area contributed by atoms with E-state index in [-0.39, 0.29) is 18.4 Å². The smallest absolute Gasteiger partial charge is 0.260 e. The molecule has 26 heavy (non-hydrogen) atoms. The fourth-order valence-corrected chi connectivity index (χ4v) is 3.25. The Bertz CT molecular complexity index is 1060. The minimum Gasteiger partial charge on any atom is -0.298 e. The molecule has 1 aliphatic rings. The van der Waals surface area contributed by atoms with Gasteiger partial charge in [-0.2, -0.15) is 5.10 Å². The third-order valence-corrected chi connectivity index (χ3v) is 4.59. The monoisotopic (exact) mass is 363 g/mol. The van der Waals surface area contributed by atoms with Crippen molar-refractivity contribution >= 4 is 46.1 Å². The first-order valence-corrected chi connectivity index (χ1v) is 8.43. The maximum absolute atomic E-state index is 12.6. The van der Waals surface area contributed by atoms with Gasteiger partial charge in [0.25, 0.3) is 11.8 Å². The Hall–Kier alpha value is -3.18. The summed E-state index contributed by atoms with van der Waals surface area (Å²) in [6, 6.07) is 18.4. The Morgan fingerprint density at radius 1 is 1.08 bits per heavy atom. The molecule has 2 amide bonds. The van der Waals surface area contributed by atoms with E-state index in [1.165, 1.54) is 11.1 Å². The Morgan fingerprint density at radius 2 is 1.85 bits per heavy atom. The number of hydrazone groups is 1. The molecule has 5 nitrogen and oxygen atoms in total. The average Bonchev–Trinajstić information content (AvgIpc) is 2.91. The zero-order valence-corrected chi connectivity index (χ0v) is 14.4. The molecule has 0 atom stereocenters. The van der Waals surface area contributed by atoms with Crippen LogP contribution < -0.4 is 10.3 Å². The molecular formula is C20H14ClN3O2. The van der Waals surface area contributed by atoms with Crippen molar-refractivity contribution in [3.63, 3.8) is 0 Å². The van der Waals surface area contributed by atoms with E-state index in [1.807, 2.05) is 42.5 Å². The van der Waals surface area contributed by atoms with Crippen LogP contribution in [-0.2, 0) is 4.79 Å². The molecule has 0 saturated carbocycles. The lowest BCUT2D eigenvalue weighted by Crippen LogP contribution is -2.37. The van der Waals surface area contributed by atoms with Gasteiger partial charge in [0.2, 0.25) is 0 Å². The number of carbonyl (C=O) groups is 2. The summed E-state index contributed by atoms with van der Waals surface area (Å²) in [5, 5.41) is 6.33. The van der Waals surface area contributed by atoms with Crippen molar-refractivity contribution in [1.29, 1.82) is 0 Å². The van der Waals surface area contributed by atoms with Crippen molar-refractivity contribution in [2.24, 2.45) is 5.10 Å². The van der Waals surface area contributed by atoms with E-state index in [1.54, 1.807) is 18.2 Å². The molecule has 128 valence electrons. The van der Waals surface area contributed by atoms with Crippen molar-refractivity contribution in [3.05, 3.63) is 76.8 Å². The Kier molecular flexibility index (Phi) is 4.14. The average molecular weight is 364 g/mol. The summed E-state index contributed by atoms with van der Waals surface area (Å²) in [7, 11) is 0. The Labute approximate surface area is 154 Å². The molecular weight excluding hydrogens is 350 g/mol. The normalized spacial score (nSPS) is 13.0. The summed E-state index contributed by atoms with van der Waals surface area (Å²) in [6.45, 7) is -0.105. The number of anilines is 1. The van der Waals surface area contributed by atoms with Crippen LogP contribution in [0.4, 0.5) is 5.69 Å². The second-order valence-electron chi connectivity index (χ2n) is 5.89. The third kappa shape index (κ3) is 2.82. The van der Waals surface area contributed by atoms with Crippen LogP contribution >= 0.6 is 11.6 Å². The number of hydrogen-bond donors (Lipinski definition) is 1. The van der Waals surface area contributed by atoms with E-state index >= 15 is 0 Å². The minimum atomic E-state index is -0.383. The van der Waals surface area contributed by atoms with Gasteiger partial charge in [-0.15, -0.1) is 0 Å². The second kappa shape index (κ2) is 6.61. The zero-order valence-electron chi connectivity index (χ0n) is 13.6. The maximum Gasteiger partial charge on any atom is 0.260 e. The predicted molar refractivity (Wildman–Crippen MR) is 103 cm³/mol. The molecule has 0 aliphatic carbocycles. The van der Waals surface area contributed by atoms with Crippen molar-refractivity contribution < 1.29 is 9.59 Å². The van der Waals surface area contributed by atoms with E-state index in [9.17, 15) is 9.59 Å². The summed E-state index contributed by atoms with van der Waals surface area (Å²) in [6.07, 6.45) is 1.47. The van der Waals surface area contributed by atoms with Gasteiger partial charge in [0, 0.05) is 21.5 Å². The van der Waals surface area contributed by atoms with Gasteiger partial charge in [0.05, 0.1) is 11.9 Å². The van der Waals surface area contributed by atoms with Crippen molar-refractivity contribution in [2.75, 3.05) is 11.4 Å². The van der Waals surface area contributed by atoms with Crippen molar-refractivity contribution in [3.8, 4) is 0 Å². The van der Waals surface area contributed by atoms with Crippen LogP contribution in [0.3, 0.4) is 0 Å². The van der Waals surface area contributed by atoms with Crippen LogP contribution in [-0.4, -0.2) is 24.6 Å². The summed E-state index contributed by atoms with van der Waals surface area (Å²) in [4.78, 5) is 26.4. The molecule has 1 aliphatic heterocycles. The third-order valence-electron chi connectivity index (χ3n) is 4.25. The fourth-order valence-electron chi connectivity index (χ4n) is 3.07. The minimum absolute atomic E-state index is 0.105. The zero-order chi connectivity index (χ0) is 18.1. The Balaban J connectivity index is 1.50. The van der Waals surface area contributed by atoms with Crippen LogP contribution in [0.1, 0.15) is 15.9 Å². The number of carbonyl (C=O) groups excluding carboxylic acids is 2. The molecule has 0 saturated heterocycles. The van der Waals surface area contributed by atoms with Gasteiger partial charge in [-0.25, -0.2) is 5.43 Å². The first-order valence-electron chi connectivity index (χ1n) is 8.05. The van der Waals surface area contributed by atoms with Crippen LogP contribution in [0.25, 0.3) is 10.8 Å². The molecule has 0 radical (unpaired) electrons. The van der Waals surface area contributed by atoms with Gasteiger partial charge in [-0.05, 0) is 23.6 Å². The fraction of sp³-hybridized carbons (Fsp3) is 0.0500. The quantitative estimate of drug-likeness (QED) is 0.568. The first-order chi connectivity index (χ1) is 12.6. The number of nitrogens with one attached hydrogen (secondary N) is 1. The molecule has 1 heterocycles. The van der Waals surface area contributed by atoms with Crippen LogP contribution in [0.2, 0.25) is 5.02 Å². The van der Waals surface area contributed by atoms with E-state index in [2.05, 4.69) is 10.5 Å². The summed E-state index contributed by atoms with van der Waals surface area (Å²) in [5.74, 6) is -0.562. The molecule has 3 aromatic carbocycles. The van der Waals surface area contributed by atoms with Gasteiger partial charge >= 0.3 is 0 Å². The Morgan fingerprint density at radius 3 is 2.65 bits per heavy atom. The standard InChI is InChI=1S/C20H14ClN3O2/c21-16-9-2-1-5-14(16)11-22-23-18(25)12-24-17-10-4-7-13-6-3-8-15(19(13)17)20(24)26/h1-11H,12H2,(H,23,25)/b22-11-.